The van der Waals surface area contributed by atoms with E-state index in [9.17, 15) is 32.7 Å². The van der Waals surface area contributed by atoms with E-state index in [1.165, 1.54) is 11.3 Å². The molecule has 28 heavy (non-hydrogen) atoms. The van der Waals surface area contributed by atoms with Crippen molar-refractivity contribution in [3.05, 3.63) is 33.7 Å². The highest BCUT2D eigenvalue weighted by Crippen LogP contribution is 2.36. The Balaban J connectivity index is 1.84. The molecule has 2 amide bonds. The first-order valence-corrected chi connectivity index (χ1v) is 10.7. The lowest BCUT2D eigenvalue weighted by Crippen LogP contribution is -2.75. The van der Waals surface area contributed by atoms with Gasteiger partial charge in [0.15, 0.2) is 15.2 Å². The van der Waals surface area contributed by atoms with Crippen molar-refractivity contribution in [3.63, 3.8) is 0 Å². The number of sulfone groups is 1. The van der Waals surface area contributed by atoms with Gasteiger partial charge in [-0.25, -0.2) is 13.2 Å². The first kappa shape index (κ1) is 20.0. The molecule has 2 aliphatic heterocycles. The Morgan fingerprint density at radius 3 is 2.68 bits per heavy atom. The summed E-state index contributed by atoms with van der Waals surface area (Å²) in [5, 5.41) is 12.1. The van der Waals surface area contributed by atoms with Crippen LogP contribution in [0.25, 0.3) is 0 Å². The van der Waals surface area contributed by atoms with E-state index < -0.39 is 63.1 Å². The summed E-state index contributed by atoms with van der Waals surface area (Å²) in [4.78, 5) is 48.6. The van der Waals surface area contributed by atoms with Gasteiger partial charge in [-0.3, -0.25) is 19.3 Å². The molecule has 10 nitrogen and oxygen atoms in total. The number of ether oxygens (including phenoxy) is 1. The number of nitrogens with zero attached hydrogens (tertiary/aromatic N) is 1. The van der Waals surface area contributed by atoms with Crippen LogP contribution in [0.1, 0.15) is 11.8 Å². The summed E-state index contributed by atoms with van der Waals surface area (Å²) in [7, 11) is -4.00. The number of hydrogen-bond donors (Lipinski definition) is 2. The van der Waals surface area contributed by atoms with Gasteiger partial charge in [-0.15, -0.1) is 11.3 Å². The Labute approximate surface area is 163 Å². The van der Waals surface area contributed by atoms with Gasteiger partial charge in [0, 0.05) is 17.4 Å². The van der Waals surface area contributed by atoms with E-state index in [0.717, 1.165) is 11.8 Å². The fourth-order valence-electron chi connectivity index (χ4n) is 3.12. The first-order chi connectivity index (χ1) is 13.1. The molecule has 2 aliphatic rings. The van der Waals surface area contributed by atoms with E-state index >= 15 is 0 Å². The minimum atomic E-state index is -4.00. The number of amides is 2. The molecule has 1 saturated heterocycles. The molecular weight excluding hydrogens is 412 g/mol. The van der Waals surface area contributed by atoms with Gasteiger partial charge >= 0.3 is 11.9 Å². The first-order valence-electron chi connectivity index (χ1n) is 8.07. The molecule has 1 aromatic heterocycles. The molecule has 0 aromatic carbocycles. The summed E-state index contributed by atoms with van der Waals surface area (Å²) in [5.74, 6) is -4.30. The van der Waals surface area contributed by atoms with Crippen LogP contribution in [0.2, 0.25) is 0 Å². The fourth-order valence-corrected chi connectivity index (χ4v) is 5.83. The number of hydrogen-bond acceptors (Lipinski definition) is 8. The van der Waals surface area contributed by atoms with E-state index in [4.69, 9.17) is 4.74 Å². The summed E-state index contributed by atoms with van der Waals surface area (Å²) in [6.07, 6.45) is -0.0203. The van der Waals surface area contributed by atoms with Crippen LogP contribution in [0.4, 0.5) is 0 Å². The molecule has 1 aromatic rings. The molecule has 3 heterocycles. The summed E-state index contributed by atoms with van der Waals surface area (Å²) >= 11 is 1.34. The van der Waals surface area contributed by atoms with Gasteiger partial charge in [0.2, 0.25) is 5.91 Å². The third kappa shape index (κ3) is 3.64. The third-order valence-electron chi connectivity index (χ3n) is 4.25. The van der Waals surface area contributed by atoms with Crippen LogP contribution in [0.15, 0.2) is 28.8 Å². The largest absolute Gasteiger partial charge is 0.477 e. The number of β-lactam (4-membered cyclic amide) rings is 1. The fraction of sp³-hybridized carbons (Fsp3) is 0.375. The topological polar surface area (TPSA) is 147 Å². The predicted octanol–water partition coefficient (Wildman–Crippen LogP) is -0.726. The summed E-state index contributed by atoms with van der Waals surface area (Å²) < 4.78 is 29.9. The molecule has 12 heteroatoms. The van der Waals surface area contributed by atoms with E-state index in [2.05, 4.69) is 5.32 Å². The average Bonchev–Trinajstić information content (AvgIpc) is 3.09. The monoisotopic (exact) mass is 428 g/mol. The number of aliphatic carboxylic acids is 1. The molecule has 0 spiro atoms. The number of rotatable bonds is 6. The second kappa shape index (κ2) is 7.36. The minimum absolute atomic E-state index is 0.0203. The second-order valence-electron chi connectivity index (χ2n) is 6.24. The number of carboxylic acid groups (broad SMARTS) is 1. The van der Waals surface area contributed by atoms with Crippen molar-refractivity contribution in [1.29, 1.82) is 0 Å². The van der Waals surface area contributed by atoms with Gasteiger partial charge in [0.25, 0.3) is 5.91 Å². The highest BCUT2D eigenvalue weighted by molar-refractivity contribution is 7.92. The van der Waals surface area contributed by atoms with Crippen LogP contribution in [-0.2, 0) is 40.2 Å². The lowest BCUT2D eigenvalue weighted by Gasteiger charge is -2.48. The highest BCUT2D eigenvalue weighted by atomic mass is 32.2. The van der Waals surface area contributed by atoms with Crippen molar-refractivity contribution in [3.8, 4) is 0 Å². The Hall–Kier alpha value is -2.73. The maximum Gasteiger partial charge on any atom is 0.352 e. The van der Waals surface area contributed by atoms with Gasteiger partial charge in [0.1, 0.15) is 18.3 Å². The van der Waals surface area contributed by atoms with Crippen LogP contribution < -0.4 is 5.32 Å². The van der Waals surface area contributed by atoms with E-state index in [-0.39, 0.29) is 12.0 Å². The van der Waals surface area contributed by atoms with E-state index in [0.29, 0.717) is 4.90 Å². The summed E-state index contributed by atoms with van der Waals surface area (Å²) in [6, 6.07) is 2.12. The zero-order chi connectivity index (χ0) is 20.6. The van der Waals surface area contributed by atoms with Crippen molar-refractivity contribution in [1.82, 2.24) is 10.2 Å². The molecule has 0 unspecified atom stereocenters. The normalized spacial score (nSPS) is 22.9. The van der Waals surface area contributed by atoms with Gasteiger partial charge in [-0.2, -0.15) is 0 Å². The number of nitrogens with one attached hydrogen (secondary N) is 1. The Morgan fingerprint density at radius 1 is 1.39 bits per heavy atom. The number of carbonyl (C=O) groups excluding carboxylic acids is 3. The van der Waals surface area contributed by atoms with Gasteiger partial charge in [-0.1, -0.05) is 6.07 Å². The number of carboxylic acids is 1. The zero-order valence-corrected chi connectivity index (χ0v) is 16.2. The van der Waals surface area contributed by atoms with Crippen molar-refractivity contribution < 1.29 is 37.4 Å². The van der Waals surface area contributed by atoms with Gasteiger partial charge in [0.05, 0.1) is 12.2 Å². The van der Waals surface area contributed by atoms with Crippen molar-refractivity contribution >= 4 is 44.9 Å². The SMILES string of the molecule is CC(=O)OCC1=C(C(=O)O)N2C(=O)[C@@H](NC(=O)Cc3cccs3)[C@@H]2S(=O)(=O)C1. The van der Waals surface area contributed by atoms with Crippen LogP contribution in [0.3, 0.4) is 0 Å². The second-order valence-corrected chi connectivity index (χ2v) is 9.37. The van der Waals surface area contributed by atoms with Crippen LogP contribution in [-0.4, -0.2) is 66.0 Å². The molecule has 2 N–H and O–H groups in total. The molecule has 0 bridgehead atoms. The molecule has 150 valence electrons. The quantitative estimate of drug-likeness (QED) is 0.445. The molecular formula is C16H16N2O8S2. The number of esters is 1. The Kier molecular flexibility index (Phi) is 5.26. The lowest BCUT2D eigenvalue weighted by atomic mass is 10.0. The average molecular weight is 428 g/mol. The highest BCUT2D eigenvalue weighted by Gasteiger charge is 2.60. The summed E-state index contributed by atoms with van der Waals surface area (Å²) in [5.41, 5.74) is -0.731. The van der Waals surface area contributed by atoms with Crippen molar-refractivity contribution in [2.24, 2.45) is 0 Å². The maximum absolute atomic E-state index is 12.6. The lowest BCUT2D eigenvalue weighted by molar-refractivity contribution is -0.151. The van der Waals surface area contributed by atoms with Crippen LogP contribution in [0, 0.1) is 0 Å². The van der Waals surface area contributed by atoms with Gasteiger partial charge < -0.3 is 15.2 Å². The summed E-state index contributed by atoms with van der Waals surface area (Å²) in [6.45, 7) is 0.539. The standard InChI is InChI=1S/C16H16N2O8S2/c1-8(19)26-6-9-7-28(24,25)15-12(14(21)18(15)13(9)16(22)23)17-11(20)5-10-3-2-4-27-10/h2-4,12,15H,5-7H2,1H3,(H,17,20)(H,22,23)/t12-,15+/m1/s1. The van der Waals surface area contributed by atoms with Crippen LogP contribution >= 0.6 is 11.3 Å². The maximum atomic E-state index is 12.6. The molecule has 0 radical (unpaired) electrons. The molecule has 1 fully saturated rings. The smallest absolute Gasteiger partial charge is 0.352 e. The molecule has 0 aliphatic carbocycles. The number of thiophene rings is 1. The van der Waals surface area contributed by atoms with E-state index in [1.54, 1.807) is 17.5 Å². The zero-order valence-electron chi connectivity index (χ0n) is 14.6. The van der Waals surface area contributed by atoms with E-state index in [1.807, 2.05) is 0 Å². The Morgan fingerprint density at radius 2 is 2.11 bits per heavy atom. The van der Waals surface area contributed by atoms with Crippen LogP contribution in [0.5, 0.6) is 0 Å². The van der Waals surface area contributed by atoms with Gasteiger partial charge in [-0.05, 0) is 11.4 Å². The molecule has 3 rings (SSSR count). The molecule has 2 atom stereocenters. The predicted molar refractivity (Wildman–Crippen MR) is 95.7 cm³/mol. The molecule has 0 saturated carbocycles. The van der Waals surface area contributed by atoms with Crippen molar-refractivity contribution in [2.75, 3.05) is 12.4 Å². The number of carbonyl (C=O) groups is 4. The Bertz CT molecular complexity index is 980. The minimum Gasteiger partial charge on any atom is -0.477 e. The third-order valence-corrected chi connectivity index (χ3v) is 7.09. The van der Waals surface area contributed by atoms with Crippen molar-refractivity contribution in [2.45, 2.75) is 24.8 Å². The number of fused-ring (bicyclic) bond motifs is 1.